The summed E-state index contributed by atoms with van der Waals surface area (Å²) < 4.78 is 7.15. The number of hydrogen-bond donors (Lipinski definition) is 0. The van der Waals surface area contributed by atoms with Crippen LogP contribution in [-0.2, 0) is 4.12 Å². The summed E-state index contributed by atoms with van der Waals surface area (Å²) >= 11 is 0. The molecule has 2 unspecified atom stereocenters. The van der Waals surface area contributed by atoms with Gasteiger partial charge in [-0.1, -0.05) is 72.8 Å². The molecular weight excluding hydrogens is 360 g/mol. The Morgan fingerprint density at radius 2 is 1.04 bits per heavy atom. The van der Waals surface area contributed by atoms with E-state index in [-0.39, 0.29) is 0 Å². The Morgan fingerprint density at radius 3 is 1.33 bits per heavy atom. The molecule has 2 atom stereocenters. The summed E-state index contributed by atoms with van der Waals surface area (Å²) in [5.41, 5.74) is 3.59. The fourth-order valence-corrected chi connectivity index (χ4v) is 14.2. The Morgan fingerprint density at radius 1 is 0.704 bits per heavy atom. The van der Waals surface area contributed by atoms with Gasteiger partial charge in [-0.15, -0.1) is 13.2 Å². The highest BCUT2D eigenvalue weighted by Crippen LogP contribution is 2.38. The van der Waals surface area contributed by atoms with Crippen molar-refractivity contribution < 1.29 is 4.12 Å². The van der Waals surface area contributed by atoms with Gasteiger partial charge in [-0.2, -0.15) is 0 Å². The summed E-state index contributed by atoms with van der Waals surface area (Å²) in [7, 11) is -4.00. The van der Waals surface area contributed by atoms with E-state index in [4.69, 9.17) is 4.12 Å². The highest BCUT2D eigenvalue weighted by Gasteiger charge is 2.43. The molecule has 0 aliphatic rings. The van der Waals surface area contributed by atoms with Gasteiger partial charge in [0, 0.05) is 11.1 Å². The largest absolute Gasteiger partial charge is 0.455 e. The average molecular weight is 395 g/mol. The SMILES string of the molecule is C=CCC(c1ccccc1)[Si](C)(C)O[Si](C)(C)C(CC=C)c1ccccc1. The van der Waals surface area contributed by atoms with E-state index in [1.54, 1.807) is 0 Å². The standard InChI is InChI=1S/C24H34OSi2/c1-7-15-23(21-17-11-9-12-18-21)26(3,4)25-27(5,6)24(16-8-2)22-19-13-10-14-20-22/h7-14,17-20,23-24H,1-2,15-16H2,3-6H3. The first kappa shape index (κ1) is 21.6. The molecule has 0 heterocycles. The Bertz CT molecular complexity index is 659. The van der Waals surface area contributed by atoms with Crippen LogP contribution in [0.3, 0.4) is 0 Å². The predicted octanol–water partition coefficient (Wildman–Crippen LogP) is 7.21. The molecule has 0 bridgehead atoms. The van der Waals surface area contributed by atoms with Gasteiger partial charge < -0.3 is 4.12 Å². The average Bonchev–Trinajstić information content (AvgIpc) is 2.64. The molecule has 144 valence electrons. The van der Waals surface area contributed by atoms with Crippen LogP contribution in [0.4, 0.5) is 0 Å². The highest BCUT2D eigenvalue weighted by atomic mass is 28.4. The van der Waals surface area contributed by atoms with Crippen molar-refractivity contribution in [1.29, 1.82) is 0 Å². The van der Waals surface area contributed by atoms with Crippen LogP contribution < -0.4 is 0 Å². The van der Waals surface area contributed by atoms with Crippen molar-refractivity contribution in [2.45, 2.75) is 50.1 Å². The van der Waals surface area contributed by atoms with Gasteiger partial charge in [-0.05, 0) is 50.2 Å². The van der Waals surface area contributed by atoms with Gasteiger partial charge in [-0.3, -0.25) is 0 Å². The van der Waals surface area contributed by atoms with Crippen LogP contribution in [-0.4, -0.2) is 16.6 Å². The summed E-state index contributed by atoms with van der Waals surface area (Å²) in [5.74, 6) is 0. The zero-order chi connectivity index (χ0) is 19.9. The molecule has 0 saturated carbocycles. The van der Waals surface area contributed by atoms with Crippen LogP contribution in [0.2, 0.25) is 26.2 Å². The van der Waals surface area contributed by atoms with Crippen LogP contribution in [0.1, 0.15) is 35.1 Å². The lowest BCUT2D eigenvalue weighted by atomic mass is 10.1. The minimum Gasteiger partial charge on any atom is -0.455 e. The summed E-state index contributed by atoms with van der Waals surface area (Å²) in [6.07, 6.45) is 6.02. The van der Waals surface area contributed by atoms with E-state index in [1.807, 2.05) is 12.2 Å². The lowest BCUT2D eigenvalue weighted by Crippen LogP contribution is -2.51. The quantitative estimate of drug-likeness (QED) is 0.305. The molecule has 2 aromatic carbocycles. The molecule has 3 heteroatoms. The summed E-state index contributed by atoms with van der Waals surface area (Å²) in [5, 5.41) is 0. The zero-order valence-electron chi connectivity index (χ0n) is 17.3. The van der Waals surface area contributed by atoms with Gasteiger partial charge in [0.1, 0.15) is 0 Å². The third-order valence-electron chi connectivity index (χ3n) is 5.41. The summed E-state index contributed by atoms with van der Waals surface area (Å²) in [6.45, 7) is 17.5. The maximum Gasteiger partial charge on any atom is 0.181 e. The third kappa shape index (κ3) is 5.64. The molecule has 0 fully saturated rings. The van der Waals surface area contributed by atoms with Crippen LogP contribution in [0.5, 0.6) is 0 Å². The topological polar surface area (TPSA) is 9.23 Å². The molecule has 0 spiro atoms. The number of hydrogen-bond acceptors (Lipinski definition) is 1. The zero-order valence-corrected chi connectivity index (χ0v) is 19.3. The lowest BCUT2D eigenvalue weighted by molar-refractivity contribution is 0.501. The molecule has 0 saturated heterocycles. The first-order valence-corrected chi connectivity index (χ1v) is 15.8. The van der Waals surface area contributed by atoms with Crippen molar-refractivity contribution in [2.24, 2.45) is 0 Å². The van der Waals surface area contributed by atoms with Crippen LogP contribution in [0.15, 0.2) is 86.0 Å². The first-order valence-electron chi connectivity index (χ1n) is 9.83. The van der Waals surface area contributed by atoms with Gasteiger partial charge in [0.25, 0.3) is 0 Å². The monoisotopic (exact) mass is 394 g/mol. The molecule has 2 rings (SSSR count). The fraction of sp³-hybridized carbons (Fsp3) is 0.333. The summed E-state index contributed by atoms with van der Waals surface area (Å²) in [6, 6.07) is 21.6. The van der Waals surface area contributed by atoms with Crippen molar-refractivity contribution in [3.05, 3.63) is 97.1 Å². The maximum atomic E-state index is 7.15. The Hall–Kier alpha value is -1.69. The predicted molar refractivity (Wildman–Crippen MR) is 124 cm³/mol. The maximum absolute atomic E-state index is 7.15. The number of rotatable bonds is 10. The van der Waals surface area contributed by atoms with Gasteiger partial charge in [-0.25, -0.2) is 0 Å². The molecule has 0 aliphatic heterocycles. The Kier molecular flexibility index (Phi) is 7.60. The lowest BCUT2D eigenvalue weighted by Gasteiger charge is -2.42. The highest BCUT2D eigenvalue weighted by molar-refractivity contribution is 6.86. The Balaban J connectivity index is 2.33. The van der Waals surface area contributed by atoms with E-state index < -0.39 is 16.6 Å². The first-order chi connectivity index (χ1) is 12.8. The minimum absolute atomic E-state index is 0.420. The van der Waals surface area contributed by atoms with E-state index in [9.17, 15) is 0 Å². The van der Waals surface area contributed by atoms with Crippen LogP contribution in [0, 0.1) is 0 Å². The molecule has 0 aromatic heterocycles. The van der Waals surface area contributed by atoms with Crippen molar-refractivity contribution in [3.63, 3.8) is 0 Å². The Labute approximate surface area is 168 Å². The molecule has 0 aliphatic carbocycles. The second-order valence-electron chi connectivity index (χ2n) is 8.28. The van der Waals surface area contributed by atoms with Gasteiger partial charge in [0.2, 0.25) is 0 Å². The van der Waals surface area contributed by atoms with E-state index in [2.05, 4.69) is 100 Å². The third-order valence-corrected chi connectivity index (χ3v) is 14.1. The van der Waals surface area contributed by atoms with Crippen molar-refractivity contribution in [1.82, 2.24) is 0 Å². The van der Waals surface area contributed by atoms with E-state index in [0.717, 1.165) is 12.8 Å². The van der Waals surface area contributed by atoms with Crippen molar-refractivity contribution >= 4 is 16.6 Å². The molecule has 27 heavy (non-hydrogen) atoms. The molecular formula is C24H34OSi2. The van der Waals surface area contributed by atoms with E-state index in [1.165, 1.54) is 11.1 Å². The molecule has 1 nitrogen and oxygen atoms in total. The van der Waals surface area contributed by atoms with E-state index in [0.29, 0.717) is 11.1 Å². The molecule has 0 amide bonds. The number of allylic oxidation sites excluding steroid dienone is 2. The number of benzene rings is 2. The van der Waals surface area contributed by atoms with Crippen LogP contribution in [0.25, 0.3) is 0 Å². The fourth-order valence-electron chi connectivity index (χ4n) is 4.17. The van der Waals surface area contributed by atoms with Gasteiger partial charge in [0.15, 0.2) is 16.6 Å². The minimum atomic E-state index is -2.00. The smallest absolute Gasteiger partial charge is 0.181 e. The molecule has 0 N–H and O–H groups in total. The molecule has 2 aromatic rings. The van der Waals surface area contributed by atoms with Gasteiger partial charge >= 0.3 is 0 Å². The summed E-state index contributed by atoms with van der Waals surface area (Å²) in [4.78, 5) is 0. The normalized spacial score (nSPS) is 14.4. The second-order valence-corrected chi connectivity index (χ2v) is 16.9. The molecule has 0 radical (unpaired) electrons. The second kappa shape index (κ2) is 9.49. The van der Waals surface area contributed by atoms with E-state index >= 15 is 0 Å². The van der Waals surface area contributed by atoms with Gasteiger partial charge in [0.05, 0.1) is 0 Å². The van der Waals surface area contributed by atoms with Crippen LogP contribution >= 0.6 is 0 Å². The van der Waals surface area contributed by atoms with Crippen molar-refractivity contribution in [2.75, 3.05) is 0 Å². The van der Waals surface area contributed by atoms with Crippen molar-refractivity contribution in [3.8, 4) is 0 Å².